The van der Waals surface area contributed by atoms with Crippen molar-refractivity contribution in [1.82, 2.24) is 5.32 Å². The summed E-state index contributed by atoms with van der Waals surface area (Å²) in [6.45, 7) is 7.19. The lowest BCUT2D eigenvalue weighted by atomic mass is 10.1. The third kappa shape index (κ3) is 40.7. The van der Waals surface area contributed by atoms with E-state index >= 15 is 0 Å². The molecule has 0 bridgehead atoms. The minimum absolute atomic E-state index is 0.0922. The average Bonchev–Trinajstić information content (AvgIpc) is 2.97. The summed E-state index contributed by atoms with van der Waals surface area (Å²) in [6, 6.07) is 0. The Balaban J connectivity index is 0. The molecule has 2 amide bonds. The summed E-state index contributed by atoms with van der Waals surface area (Å²) < 4.78 is 0. The molecular formula is C38H74N2O2. The molecule has 0 atom stereocenters. The van der Waals surface area contributed by atoms with Gasteiger partial charge in [0.05, 0.1) is 0 Å². The third-order valence-electron chi connectivity index (χ3n) is 7.61. The summed E-state index contributed by atoms with van der Waals surface area (Å²) >= 11 is 0. The predicted octanol–water partition coefficient (Wildman–Crippen LogP) is 11.7. The summed E-state index contributed by atoms with van der Waals surface area (Å²) in [5.41, 5.74) is 4.85. The lowest BCUT2D eigenvalue weighted by Gasteiger charge is -2.05. The number of hydrogen-bond acceptors (Lipinski definition) is 3. The Morgan fingerprint density at radius 2 is 0.667 bits per heavy atom. The first-order valence-electron chi connectivity index (χ1n) is 18.4. The fourth-order valence-electron chi connectivity index (χ4n) is 4.99. The van der Waals surface area contributed by atoms with Crippen LogP contribution >= 0.6 is 0 Å². The Bertz CT molecular complexity index is 550. The number of hydrogen-bond donors (Lipinski definition) is 2. The number of rotatable bonds is 30. The van der Waals surface area contributed by atoms with E-state index < -0.39 is 0 Å². The van der Waals surface area contributed by atoms with Gasteiger partial charge in [0.25, 0.3) is 0 Å². The lowest BCUT2D eigenvalue weighted by Crippen LogP contribution is -2.29. The van der Waals surface area contributed by atoms with Gasteiger partial charge in [0.1, 0.15) is 0 Å². The molecule has 0 unspecified atom stereocenters. The molecule has 3 N–H and O–H groups in total. The lowest BCUT2D eigenvalue weighted by molar-refractivity contribution is -0.130. The molecule has 0 aromatic heterocycles. The van der Waals surface area contributed by atoms with E-state index in [1.165, 1.54) is 141 Å². The Morgan fingerprint density at radius 3 is 0.952 bits per heavy atom. The molecule has 0 spiro atoms. The van der Waals surface area contributed by atoms with E-state index in [1.54, 1.807) is 0 Å². The van der Waals surface area contributed by atoms with Crippen LogP contribution in [0.25, 0.3) is 0 Å². The van der Waals surface area contributed by atoms with E-state index in [-0.39, 0.29) is 11.8 Å². The fourth-order valence-corrected chi connectivity index (χ4v) is 4.99. The van der Waals surface area contributed by atoms with Gasteiger partial charge in [-0.1, -0.05) is 148 Å². The molecule has 4 nitrogen and oxygen atoms in total. The molecule has 0 heterocycles. The van der Waals surface area contributed by atoms with Crippen molar-refractivity contribution in [2.24, 2.45) is 5.73 Å². The van der Waals surface area contributed by atoms with Crippen LogP contribution in [-0.2, 0) is 9.59 Å². The SMILES string of the molecule is CCCCCCCCC=CCCCCCCCC(=O)NC(=O)CCCCCCCC=CCCCCCCCC.CCN. The molecule has 0 saturated heterocycles. The standard InChI is InChI=1S/C36H67NO2.C2H7N/c1-3-5-7-9-11-13-15-17-19-21-23-25-27-29-31-33-35(38)37-36(39)34-32-30-28-26-24-22-20-18-16-14-12-10-8-6-4-2;1-2-3/h17-20H,3-16,21-34H2,1-2H3,(H,37,38,39);2-3H2,1H3. The molecule has 42 heavy (non-hydrogen) atoms. The van der Waals surface area contributed by atoms with Crippen LogP contribution in [0.3, 0.4) is 0 Å². The second kappa shape index (κ2) is 39.6. The number of carbonyl (C=O) groups is 2. The van der Waals surface area contributed by atoms with E-state index in [1.807, 2.05) is 6.92 Å². The fraction of sp³-hybridized carbons (Fsp3) is 0.842. The van der Waals surface area contributed by atoms with Crippen LogP contribution in [0.15, 0.2) is 24.3 Å². The highest BCUT2D eigenvalue weighted by molar-refractivity contribution is 5.95. The minimum Gasteiger partial charge on any atom is -0.331 e. The highest BCUT2D eigenvalue weighted by Gasteiger charge is 2.07. The maximum Gasteiger partial charge on any atom is 0.226 e. The molecular weight excluding hydrogens is 516 g/mol. The summed E-state index contributed by atoms with van der Waals surface area (Å²) in [5, 5.41) is 2.58. The zero-order valence-corrected chi connectivity index (χ0v) is 28.7. The van der Waals surface area contributed by atoms with Gasteiger partial charge in [0.2, 0.25) is 11.8 Å². The van der Waals surface area contributed by atoms with E-state index in [0.29, 0.717) is 12.8 Å². The molecule has 0 rings (SSSR count). The monoisotopic (exact) mass is 591 g/mol. The Labute approximate surface area is 263 Å². The number of unbranched alkanes of at least 4 members (excludes halogenated alkanes) is 22. The van der Waals surface area contributed by atoms with E-state index in [2.05, 4.69) is 43.5 Å². The van der Waals surface area contributed by atoms with Crippen molar-refractivity contribution in [3.8, 4) is 0 Å². The smallest absolute Gasteiger partial charge is 0.226 e. The predicted molar refractivity (Wildman–Crippen MR) is 187 cm³/mol. The van der Waals surface area contributed by atoms with Crippen molar-refractivity contribution in [2.45, 2.75) is 201 Å². The van der Waals surface area contributed by atoms with Crippen LogP contribution in [0.4, 0.5) is 0 Å². The average molecular weight is 591 g/mol. The Kier molecular flexibility index (Phi) is 40.2. The topological polar surface area (TPSA) is 72.2 Å². The van der Waals surface area contributed by atoms with Gasteiger partial charge in [0, 0.05) is 12.8 Å². The highest BCUT2D eigenvalue weighted by Crippen LogP contribution is 2.12. The zero-order chi connectivity index (χ0) is 31.2. The van der Waals surface area contributed by atoms with Gasteiger partial charge in [-0.2, -0.15) is 0 Å². The maximum absolute atomic E-state index is 12.0. The van der Waals surface area contributed by atoms with Gasteiger partial charge >= 0.3 is 0 Å². The number of imide groups is 1. The Hall–Kier alpha value is -1.42. The quantitative estimate of drug-likeness (QED) is 0.0645. The number of carbonyl (C=O) groups excluding carboxylic acids is 2. The van der Waals surface area contributed by atoms with Crippen LogP contribution < -0.4 is 11.1 Å². The molecule has 0 aliphatic carbocycles. The molecule has 0 saturated carbocycles. The van der Waals surface area contributed by atoms with E-state index in [9.17, 15) is 9.59 Å². The Morgan fingerprint density at radius 1 is 0.429 bits per heavy atom. The molecule has 0 aromatic carbocycles. The van der Waals surface area contributed by atoms with Crippen LogP contribution in [0.1, 0.15) is 201 Å². The number of allylic oxidation sites excluding steroid dienone is 4. The molecule has 0 radical (unpaired) electrons. The van der Waals surface area contributed by atoms with Crippen molar-refractivity contribution in [3.63, 3.8) is 0 Å². The van der Waals surface area contributed by atoms with Crippen molar-refractivity contribution in [3.05, 3.63) is 24.3 Å². The largest absolute Gasteiger partial charge is 0.331 e. The molecule has 0 aliphatic rings. The van der Waals surface area contributed by atoms with Gasteiger partial charge in [-0.15, -0.1) is 0 Å². The normalized spacial score (nSPS) is 11.2. The number of amides is 2. The zero-order valence-electron chi connectivity index (χ0n) is 28.7. The molecule has 248 valence electrons. The number of nitrogens with two attached hydrogens (primary N) is 1. The highest BCUT2D eigenvalue weighted by atomic mass is 16.2. The molecule has 4 heteroatoms. The summed E-state index contributed by atoms with van der Waals surface area (Å²) in [6.07, 6.45) is 42.9. The van der Waals surface area contributed by atoms with Gasteiger partial charge in [-0.25, -0.2) is 0 Å². The van der Waals surface area contributed by atoms with Crippen LogP contribution in [0, 0.1) is 0 Å². The summed E-state index contributed by atoms with van der Waals surface area (Å²) in [7, 11) is 0. The van der Waals surface area contributed by atoms with Crippen molar-refractivity contribution in [2.75, 3.05) is 6.54 Å². The van der Waals surface area contributed by atoms with Crippen LogP contribution in [0.2, 0.25) is 0 Å². The molecule has 0 aliphatic heterocycles. The number of nitrogens with one attached hydrogen (secondary N) is 1. The van der Waals surface area contributed by atoms with E-state index in [0.717, 1.165) is 32.2 Å². The minimum atomic E-state index is -0.0922. The van der Waals surface area contributed by atoms with Crippen LogP contribution in [-0.4, -0.2) is 18.4 Å². The van der Waals surface area contributed by atoms with Gasteiger partial charge in [-0.05, 0) is 70.8 Å². The third-order valence-corrected chi connectivity index (χ3v) is 7.61. The molecule has 0 aromatic rings. The van der Waals surface area contributed by atoms with Gasteiger partial charge < -0.3 is 5.73 Å². The van der Waals surface area contributed by atoms with Gasteiger partial charge in [-0.3, -0.25) is 14.9 Å². The first-order valence-corrected chi connectivity index (χ1v) is 18.4. The van der Waals surface area contributed by atoms with Gasteiger partial charge in [0.15, 0.2) is 0 Å². The van der Waals surface area contributed by atoms with Crippen molar-refractivity contribution in [1.29, 1.82) is 0 Å². The first-order chi connectivity index (χ1) is 20.6. The van der Waals surface area contributed by atoms with Crippen molar-refractivity contribution < 1.29 is 9.59 Å². The van der Waals surface area contributed by atoms with E-state index in [4.69, 9.17) is 5.73 Å². The van der Waals surface area contributed by atoms with Crippen LogP contribution in [0.5, 0.6) is 0 Å². The van der Waals surface area contributed by atoms with Crippen molar-refractivity contribution >= 4 is 11.8 Å². The second-order valence-corrected chi connectivity index (χ2v) is 12.0. The first kappa shape index (κ1) is 42.7. The molecule has 0 fully saturated rings. The summed E-state index contributed by atoms with van der Waals surface area (Å²) in [4.78, 5) is 24.0. The summed E-state index contributed by atoms with van der Waals surface area (Å²) in [5.74, 6) is -0.184. The second-order valence-electron chi connectivity index (χ2n) is 12.0. The maximum atomic E-state index is 12.0.